The van der Waals surface area contributed by atoms with Crippen molar-refractivity contribution in [3.05, 3.63) is 11.8 Å². The molecule has 0 radical (unpaired) electrons. The Balaban J connectivity index is 2.71. The summed E-state index contributed by atoms with van der Waals surface area (Å²) >= 11 is 0. The molecule has 0 saturated carbocycles. The molecule has 0 aliphatic carbocycles. The van der Waals surface area contributed by atoms with Crippen LogP contribution in [0.25, 0.3) is 0 Å². The maximum atomic E-state index is 11.8. The van der Waals surface area contributed by atoms with Crippen LogP contribution in [0.5, 0.6) is 0 Å². The number of ether oxygens (including phenoxy) is 1. The molecule has 0 bridgehead atoms. The lowest BCUT2D eigenvalue weighted by molar-refractivity contribution is 0.0913. The second-order valence-corrected chi connectivity index (χ2v) is 5.82. The number of nitrogens with one attached hydrogen (secondary N) is 1. The van der Waals surface area contributed by atoms with E-state index in [1.165, 1.54) is 10.9 Å². The van der Waals surface area contributed by atoms with E-state index in [2.05, 4.69) is 9.82 Å². The van der Waals surface area contributed by atoms with Crippen molar-refractivity contribution >= 4 is 15.8 Å². The molecule has 0 spiro atoms. The number of sulfonamides is 1. The maximum absolute atomic E-state index is 11.8. The van der Waals surface area contributed by atoms with E-state index in [0.29, 0.717) is 0 Å². The van der Waals surface area contributed by atoms with Gasteiger partial charge in [-0.05, 0) is 13.8 Å². The van der Waals surface area contributed by atoms with Crippen LogP contribution in [0.2, 0.25) is 0 Å². The van der Waals surface area contributed by atoms with Crippen molar-refractivity contribution in [1.29, 1.82) is 5.26 Å². The number of nitriles is 1. The lowest BCUT2D eigenvalue weighted by Crippen LogP contribution is -2.23. The largest absolute Gasteiger partial charge is 0.378 e. The molecule has 1 heterocycles. The van der Waals surface area contributed by atoms with Gasteiger partial charge in [0.2, 0.25) is 10.0 Å². The number of aromatic nitrogens is 2. The van der Waals surface area contributed by atoms with Crippen molar-refractivity contribution in [3.63, 3.8) is 0 Å². The molecular formula is C10H16N4O3S. The fourth-order valence-electron chi connectivity index (χ4n) is 1.23. The van der Waals surface area contributed by atoms with E-state index in [1.807, 2.05) is 19.9 Å². The van der Waals surface area contributed by atoms with Gasteiger partial charge in [-0.15, -0.1) is 0 Å². The Labute approximate surface area is 106 Å². The molecule has 0 amide bonds. The van der Waals surface area contributed by atoms with Crippen LogP contribution in [0.4, 0.5) is 5.82 Å². The lowest BCUT2D eigenvalue weighted by Gasteiger charge is -2.10. The highest BCUT2D eigenvalue weighted by Gasteiger charge is 2.16. The average molecular weight is 272 g/mol. The minimum absolute atomic E-state index is 0.0217. The molecule has 18 heavy (non-hydrogen) atoms. The highest BCUT2D eigenvalue weighted by molar-refractivity contribution is 7.92. The zero-order chi connectivity index (χ0) is 13.8. The molecule has 1 rings (SSSR count). The van der Waals surface area contributed by atoms with Gasteiger partial charge in [0.25, 0.3) is 0 Å². The van der Waals surface area contributed by atoms with Gasteiger partial charge in [0.15, 0.2) is 5.82 Å². The quantitative estimate of drug-likeness (QED) is 0.811. The number of aryl methyl sites for hydroxylation is 1. The topological polar surface area (TPSA) is 97.0 Å². The normalized spacial score (nSPS) is 11.5. The fourth-order valence-corrected chi connectivity index (χ4v) is 2.19. The summed E-state index contributed by atoms with van der Waals surface area (Å²) in [4.78, 5) is 0. The first-order valence-corrected chi connectivity index (χ1v) is 7.05. The Kier molecular flexibility index (Phi) is 4.69. The van der Waals surface area contributed by atoms with Gasteiger partial charge in [-0.3, -0.25) is 9.40 Å². The predicted molar refractivity (Wildman–Crippen MR) is 66.4 cm³/mol. The van der Waals surface area contributed by atoms with E-state index in [1.54, 1.807) is 7.05 Å². The SMILES string of the molecule is CC(C)OCCS(=O)(=O)Nc1c(C#N)cnn1C. The molecule has 7 nitrogen and oxygen atoms in total. The molecule has 0 aliphatic heterocycles. The summed E-state index contributed by atoms with van der Waals surface area (Å²) < 4.78 is 32.3. The number of rotatable bonds is 6. The molecular weight excluding hydrogens is 256 g/mol. The summed E-state index contributed by atoms with van der Waals surface area (Å²) in [5, 5.41) is 12.6. The molecule has 0 aliphatic rings. The molecule has 100 valence electrons. The first kappa shape index (κ1) is 14.5. The number of anilines is 1. The van der Waals surface area contributed by atoms with Gasteiger partial charge in [0, 0.05) is 7.05 Å². The molecule has 1 N–H and O–H groups in total. The van der Waals surface area contributed by atoms with Crippen molar-refractivity contribution in [2.24, 2.45) is 7.05 Å². The van der Waals surface area contributed by atoms with E-state index in [4.69, 9.17) is 10.00 Å². The monoisotopic (exact) mass is 272 g/mol. The molecule has 1 aromatic heterocycles. The van der Waals surface area contributed by atoms with Gasteiger partial charge in [-0.25, -0.2) is 8.42 Å². The lowest BCUT2D eigenvalue weighted by atomic mass is 10.4. The van der Waals surface area contributed by atoms with Crippen molar-refractivity contribution in [2.75, 3.05) is 17.1 Å². The van der Waals surface area contributed by atoms with Gasteiger partial charge in [0.05, 0.1) is 24.7 Å². The van der Waals surface area contributed by atoms with Gasteiger partial charge >= 0.3 is 0 Å². The van der Waals surface area contributed by atoms with Crippen LogP contribution in [0.3, 0.4) is 0 Å². The van der Waals surface area contributed by atoms with Gasteiger partial charge < -0.3 is 4.74 Å². The molecule has 0 unspecified atom stereocenters. The first-order valence-electron chi connectivity index (χ1n) is 5.40. The molecule has 1 aromatic rings. The molecule has 8 heteroatoms. The van der Waals surface area contributed by atoms with Crippen molar-refractivity contribution in [1.82, 2.24) is 9.78 Å². The Morgan fingerprint density at radius 3 is 2.83 bits per heavy atom. The van der Waals surface area contributed by atoms with Crippen LogP contribution in [-0.2, 0) is 21.8 Å². The Morgan fingerprint density at radius 2 is 2.28 bits per heavy atom. The first-order chi connectivity index (χ1) is 8.35. The summed E-state index contributed by atoms with van der Waals surface area (Å²) in [6, 6.07) is 1.87. The summed E-state index contributed by atoms with van der Waals surface area (Å²) in [6.07, 6.45) is 1.29. The second kappa shape index (κ2) is 5.84. The van der Waals surface area contributed by atoms with Crippen LogP contribution in [0.1, 0.15) is 19.4 Å². The number of hydrogen-bond acceptors (Lipinski definition) is 5. The molecule has 0 aromatic carbocycles. The molecule has 0 atom stereocenters. The van der Waals surface area contributed by atoms with E-state index < -0.39 is 10.0 Å². The fraction of sp³-hybridized carbons (Fsp3) is 0.600. The minimum atomic E-state index is -3.54. The highest BCUT2D eigenvalue weighted by Crippen LogP contribution is 2.14. The minimum Gasteiger partial charge on any atom is -0.378 e. The smallest absolute Gasteiger partial charge is 0.236 e. The zero-order valence-corrected chi connectivity index (χ0v) is 11.4. The summed E-state index contributed by atoms with van der Waals surface area (Å²) in [6.45, 7) is 3.76. The van der Waals surface area contributed by atoms with E-state index in [9.17, 15) is 8.42 Å². The Morgan fingerprint density at radius 1 is 1.61 bits per heavy atom. The van der Waals surface area contributed by atoms with E-state index in [-0.39, 0.29) is 29.8 Å². The van der Waals surface area contributed by atoms with Crippen molar-refractivity contribution < 1.29 is 13.2 Å². The van der Waals surface area contributed by atoms with Crippen LogP contribution in [0.15, 0.2) is 6.20 Å². The van der Waals surface area contributed by atoms with Gasteiger partial charge in [-0.1, -0.05) is 0 Å². The van der Waals surface area contributed by atoms with Crippen molar-refractivity contribution in [3.8, 4) is 6.07 Å². The van der Waals surface area contributed by atoms with Crippen LogP contribution >= 0.6 is 0 Å². The highest BCUT2D eigenvalue weighted by atomic mass is 32.2. The molecule has 0 saturated heterocycles. The summed E-state index contributed by atoms with van der Waals surface area (Å²) in [5.74, 6) is 0.00311. The summed E-state index contributed by atoms with van der Waals surface area (Å²) in [7, 11) is -1.98. The van der Waals surface area contributed by atoms with E-state index in [0.717, 1.165) is 0 Å². The Hall–Kier alpha value is -1.59. The second-order valence-electron chi connectivity index (χ2n) is 3.98. The van der Waals surface area contributed by atoms with Crippen LogP contribution in [0, 0.1) is 11.3 Å². The van der Waals surface area contributed by atoms with E-state index >= 15 is 0 Å². The standard InChI is InChI=1S/C10H16N4O3S/c1-8(2)17-4-5-18(15,16)13-10-9(6-11)7-12-14(10)3/h7-8,13H,4-5H2,1-3H3. The third-order valence-corrected chi connectivity index (χ3v) is 3.32. The Bertz CT molecular complexity index is 542. The predicted octanol–water partition coefficient (Wildman–Crippen LogP) is 0.458. The number of hydrogen-bond donors (Lipinski definition) is 1. The van der Waals surface area contributed by atoms with Crippen LogP contribution < -0.4 is 4.72 Å². The third-order valence-electron chi connectivity index (χ3n) is 2.11. The maximum Gasteiger partial charge on any atom is 0.236 e. The zero-order valence-electron chi connectivity index (χ0n) is 10.5. The van der Waals surface area contributed by atoms with Gasteiger partial charge in [-0.2, -0.15) is 10.4 Å². The van der Waals surface area contributed by atoms with Gasteiger partial charge in [0.1, 0.15) is 11.6 Å². The third kappa shape index (κ3) is 4.01. The number of nitrogens with zero attached hydrogens (tertiary/aromatic N) is 3. The molecule has 0 fully saturated rings. The average Bonchev–Trinajstić information content (AvgIpc) is 2.58. The summed E-state index contributed by atoms with van der Waals surface area (Å²) in [5.41, 5.74) is 0.186. The van der Waals surface area contributed by atoms with Crippen molar-refractivity contribution in [2.45, 2.75) is 20.0 Å². The van der Waals surface area contributed by atoms with Crippen LogP contribution in [-0.4, -0.2) is 36.7 Å².